The van der Waals surface area contributed by atoms with Crippen LogP contribution in [0.4, 0.5) is 0 Å². The lowest BCUT2D eigenvalue weighted by molar-refractivity contribution is 0.0727. The highest BCUT2D eigenvalue weighted by Gasteiger charge is 2.34. The zero-order valence-electron chi connectivity index (χ0n) is 10.1. The van der Waals surface area contributed by atoms with Gasteiger partial charge in [-0.2, -0.15) is 0 Å². The summed E-state index contributed by atoms with van der Waals surface area (Å²) in [5, 5.41) is 0. The maximum Gasteiger partial charge on any atom is 0.254 e. The van der Waals surface area contributed by atoms with E-state index in [1.54, 1.807) is 0 Å². The Morgan fingerprint density at radius 3 is 2.69 bits per heavy atom. The third-order valence-corrected chi connectivity index (χ3v) is 3.36. The predicted molar refractivity (Wildman–Crippen MR) is 65.4 cm³/mol. The van der Waals surface area contributed by atoms with Gasteiger partial charge in [0.05, 0.1) is 6.04 Å². The second kappa shape index (κ2) is 4.69. The number of fused-ring (bicyclic) bond motifs is 1. The van der Waals surface area contributed by atoms with Crippen molar-refractivity contribution in [3.8, 4) is 0 Å². The smallest absolute Gasteiger partial charge is 0.254 e. The SMILES string of the molecule is CCCCC1c2ccccc2C(=O)N1CC. The van der Waals surface area contributed by atoms with E-state index in [1.807, 2.05) is 23.1 Å². The number of carbonyl (C=O) groups excluding carboxylic acids is 1. The Morgan fingerprint density at radius 1 is 1.25 bits per heavy atom. The van der Waals surface area contributed by atoms with Gasteiger partial charge >= 0.3 is 0 Å². The van der Waals surface area contributed by atoms with Gasteiger partial charge in [0.15, 0.2) is 0 Å². The van der Waals surface area contributed by atoms with Gasteiger partial charge in [-0.25, -0.2) is 0 Å². The number of carbonyl (C=O) groups is 1. The molecule has 2 nitrogen and oxygen atoms in total. The minimum Gasteiger partial charge on any atom is -0.332 e. The Kier molecular flexibility index (Phi) is 3.28. The summed E-state index contributed by atoms with van der Waals surface area (Å²) >= 11 is 0. The van der Waals surface area contributed by atoms with Crippen molar-refractivity contribution in [2.45, 2.75) is 39.2 Å². The third-order valence-electron chi connectivity index (χ3n) is 3.36. The predicted octanol–water partition coefficient (Wildman–Crippen LogP) is 3.39. The number of benzene rings is 1. The first-order valence-electron chi connectivity index (χ1n) is 6.19. The molecule has 1 aromatic carbocycles. The Hall–Kier alpha value is -1.31. The van der Waals surface area contributed by atoms with Crippen molar-refractivity contribution < 1.29 is 4.79 Å². The van der Waals surface area contributed by atoms with Crippen molar-refractivity contribution >= 4 is 5.91 Å². The Balaban J connectivity index is 2.31. The molecular formula is C14H19NO. The number of hydrogen-bond donors (Lipinski definition) is 0. The molecule has 1 atom stereocenters. The van der Waals surface area contributed by atoms with Crippen molar-refractivity contribution in [3.05, 3.63) is 35.4 Å². The minimum absolute atomic E-state index is 0.208. The van der Waals surface area contributed by atoms with Gasteiger partial charge in [-0.3, -0.25) is 4.79 Å². The maximum atomic E-state index is 12.1. The van der Waals surface area contributed by atoms with Gasteiger partial charge in [0.1, 0.15) is 0 Å². The van der Waals surface area contributed by atoms with E-state index in [0.717, 1.165) is 18.5 Å². The molecule has 0 aliphatic carbocycles. The monoisotopic (exact) mass is 217 g/mol. The van der Waals surface area contributed by atoms with E-state index in [9.17, 15) is 4.79 Å². The van der Waals surface area contributed by atoms with Crippen LogP contribution in [0.25, 0.3) is 0 Å². The lowest BCUT2D eigenvalue weighted by atomic mass is 10.0. The molecule has 1 unspecified atom stereocenters. The number of nitrogens with zero attached hydrogens (tertiary/aromatic N) is 1. The molecule has 1 aliphatic heterocycles. The summed E-state index contributed by atoms with van der Waals surface area (Å²) in [5.41, 5.74) is 2.13. The van der Waals surface area contributed by atoms with E-state index in [4.69, 9.17) is 0 Å². The average molecular weight is 217 g/mol. The van der Waals surface area contributed by atoms with E-state index in [1.165, 1.54) is 18.4 Å². The fourth-order valence-electron chi connectivity index (χ4n) is 2.52. The van der Waals surface area contributed by atoms with Crippen LogP contribution in [0.3, 0.4) is 0 Å². The standard InChI is InChI=1S/C14H19NO/c1-3-5-10-13-11-8-6-7-9-12(11)14(16)15(13)4-2/h6-9,13H,3-5,10H2,1-2H3. The van der Waals surface area contributed by atoms with E-state index >= 15 is 0 Å². The number of amides is 1. The van der Waals surface area contributed by atoms with E-state index in [0.29, 0.717) is 6.04 Å². The molecule has 1 aliphatic rings. The molecule has 16 heavy (non-hydrogen) atoms. The summed E-state index contributed by atoms with van der Waals surface area (Å²) in [7, 11) is 0. The molecule has 0 saturated heterocycles. The van der Waals surface area contributed by atoms with Crippen molar-refractivity contribution in [1.82, 2.24) is 4.90 Å². The molecule has 0 radical (unpaired) electrons. The summed E-state index contributed by atoms with van der Waals surface area (Å²) in [6, 6.07) is 8.35. The lowest BCUT2D eigenvalue weighted by Gasteiger charge is -2.23. The molecule has 86 valence electrons. The van der Waals surface area contributed by atoms with Gasteiger partial charge in [-0.05, 0) is 25.0 Å². The Bertz CT molecular complexity index is 386. The first-order valence-corrected chi connectivity index (χ1v) is 6.19. The molecule has 0 fully saturated rings. The van der Waals surface area contributed by atoms with Crippen LogP contribution in [0.2, 0.25) is 0 Å². The zero-order valence-corrected chi connectivity index (χ0v) is 10.1. The molecule has 1 aromatic rings. The number of hydrogen-bond acceptors (Lipinski definition) is 1. The fraction of sp³-hybridized carbons (Fsp3) is 0.500. The second-order valence-corrected chi connectivity index (χ2v) is 4.34. The molecule has 0 aromatic heterocycles. The van der Waals surface area contributed by atoms with Gasteiger partial charge in [-0.1, -0.05) is 38.0 Å². The molecule has 1 amide bonds. The molecule has 1 heterocycles. The van der Waals surface area contributed by atoms with Crippen LogP contribution in [0.1, 0.15) is 55.1 Å². The summed E-state index contributed by atoms with van der Waals surface area (Å²) in [6.07, 6.45) is 3.46. The summed E-state index contributed by atoms with van der Waals surface area (Å²) < 4.78 is 0. The topological polar surface area (TPSA) is 20.3 Å². The molecule has 0 saturated carbocycles. The van der Waals surface area contributed by atoms with Crippen LogP contribution in [-0.4, -0.2) is 17.4 Å². The van der Waals surface area contributed by atoms with Gasteiger partial charge in [0.25, 0.3) is 5.91 Å². The fourth-order valence-corrected chi connectivity index (χ4v) is 2.52. The number of unbranched alkanes of at least 4 members (excludes halogenated alkanes) is 1. The van der Waals surface area contributed by atoms with Crippen molar-refractivity contribution in [2.24, 2.45) is 0 Å². The van der Waals surface area contributed by atoms with Crippen molar-refractivity contribution in [1.29, 1.82) is 0 Å². The summed E-state index contributed by atoms with van der Waals surface area (Å²) in [5.74, 6) is 0.208. The van der Waals surface area contributed by atoms with Crippen LogP contribution in [0.15, 0.2) is 24.3 Å². The first-order chi connectivity index (χ1) is 7.79. The highest BCUT2D eigenvalue weighted by atomic mass is 16.2. The van der Waals surface area contributed by atoms with E-state index in [2.05, 4.69) is 19.9 Å². The lowest BCUT2D eigenvalue weighted by Crippen LogP contribution is -2.27. The maximum absolute atomic E-state index is 12.1. The largest absolute Gasteiger partial charge is 0.332 e. The van der Waals surface area contributed by atoms with Crippen LogP contribution < -0.4 is 0 Å². The molecule has 0 bridgehead atoms. The molecule has 2 rings (SSSR count). The molecular weight excluding hydrogens is 198 g/mol. The van der Waals surface area contributed by atoms with Gasteiger partial charge in [0, 0.05) is 12.1 Å². The van der Waals surface area contributed by atoms with E-state index < -0.39 is 0 Å². The molecule has 0 N–H and O–H groups in total. The van der Waals surface area contributed by atoms with Gasteiger partial charge < -0.3 is 4.90 Å². The zero-order chi connectivity index (χ0) is 11.5. The Morgan fingerprint density at radius 2 is 2.00 bits per heavy atom. The third kappa shape index (κ3) is 1.73. The van der Waals surface area contributed by atoms with E-state index in [-0.39, 0.29) is 5.91 Å². The highest BCUT2D eigenvalue weighted by Crippen LogP contribution is 2.36. The highest BCUT2D eigenvalue weighted by molar-refractivity contribution is 5.99. The molecule has 0 spiro atoms. The summed E-state index contributed by atoms with van der Waals surface area (Å²) in [6.45, 7) is 5.06. The minimum atomic E-state index is 0.208. The summed E-state index contributed by atoms with van der Waals surface area (Å²) in [4.78, 5) is 14.1. The van der Waals surface area contributed by atoms with Crippen LogP contribution in [0.5, 0.6) is 0 Å². The van der Waals surface area contributed by atoms with Crippen LogP contribution in [0, 0.1) is 0 Å². The van der Waals surface area contributed by atoms with Crippen molar-refractivity contribution in [3.63, 3.8) is 0 Å². The van der Waals surface area contributed by atoms with Crippen LogP contribution in [-0.2, 0) is 0 Å². The van der Waals surface area contributed by atoms with Gasteiger partial charge in [0.2, 0.25) is 0 Å². The quantitative estimate of drug-likeness (QED) is 0.757. The van der Waals surface area contributed by atoms with Gasteiger partial charge in [-0.15, -0.1) is 0 Å². The Labute approximate surface area is 97.3 Å². The second-order valence-electron chi connectivity index (χ2n) is 4.34. The number of rotatable bonds is 4. The normalized spacial score (nSPS) is 19.0. The van der Waals surface area contributed by atoms with Crippen molar-refractivity contribution in [2.75, 3.05) is 6.54 Å². The molecule has 2 heteroatoms. The van der Waals surface area contributed by atoms with Crippen LogP contribution >= 0.6 is 0 Å². The first kappa shape index (κ1) is 11.2. The average Bonchev–Trinajstić information content (AvgIpc) is 2.60.